The van der Waals surface area contributed by atoms with Crippen molar-refractivity contribution in [3.8, 4) is 17.2 Å². The minimum absolute atomic E-state index is 0.126. The molecule has 0 aliphatic carbocycles. The zero-order valence-electron chi connectivity index (χ0n) is 16.1. The fourth-order valence-electron chi connectivity index (χ4n) is 4.13. The van der Waals surface area contributed by atoms with Crippen LogP contribution in [0.25, 0.3) is 5.69 Å². The maximum Gasteiger partial charge on any atom is 0.259 e. The number of nitrogens with zero attached hydrogens (tertiary/aromatic N) is 3. The van der Waals surface area contributed by atoms with Crippen LogP contribution in [-0.2, 0) is 0 Å². The summed E-state index contributed by atoms with van der Waals surface area (Å²) >= 11 is 0. The maximum absolute atomic E-state index is 13.3. The van der Waals surface area contributed by atoms with Gasteiger partial charge in [-0.15, -0.1) is 0 Å². The number of fused-ring (bicyclic) bond motifs is 1. The van der Waals surface area contributed by atoms with Crippen LogP contribution in [0.2, 0.25) is 0 Å². The number of aromatic nitrogens is 2. The third kappa shape index (κ3) is 3.23. The molecule has 2 saturated heterocycles. The molecule has 1 aromatic heterocycles. The molecule has 30 heavy (non-hydrogen) atoms. The Morgan fingerprint density at radius 3 is 2.77 bits per heavy atom. The molecule has 154 valence electrons. The van der Waals surface area contributed by atoms with Crippen LogP contribution in [0.1, 0.15) is 10.4 Å². The van der Waals surface area contributed by atoms with Crippen molar-refractivity contribution in [1.29, 1.82) is 0 Å². The van der Waals surface area contributed by atoms with Gasteiger partial charge in [0.05, 0.1) is 17.6 Å². The monoisotopic (exact) mass is 406 g/mol. The Bertz CT molecular complexity index is 1070. The Hall–Kier alpha value is -3.56. The summed E-state index contributed by atoms with van der Waals surface area (Å²) in [6.45, 7) is 1.96. The summed E-state index contributed by atoms with van der Waals surface area (Å²) in [6.07, 6.45) is 1.64. The number of phenolic OH excluding ortho intramolecular Hbond substituents is 2. The number of aromatic hydroxyl groups is 2. The topological polar surface area (TPSA) is 115 Å². The van der Waals surface area contributed by atoms with E-state index in [0.717, 1.165) is 12.2 Å². The van der Waals surface area contributed by atoms with Crippen LogP contribution >= 0.6 is 0 Å². The van der Waals surface area contributed by atoms with Gasteiger partial charge < -0.3 is 20.4 Å². The van der Waals surface area contributed by atoms with Gasteiger partial charge in [0.15, 0.2) is 0 Å². The Morgan fingerprint density at radius 1 is 1.13 bits per heavy atom. The third-order valence-corrected chi connectivity index (χ3v) is 5.60. The van der Waals surface area contributed by atoms with Crippen molar-refractivity contribution in [2.24, 2.45) is 5.92 Å². The number of carbonyl (C=O) groups excluding carboxylic acids is 1. The summed E-state index contributed by atoms with van der Waals surface area (Å²) in [6, 6.07) is 14.1. The average Bonchev–Trinajstić information content (AvgIpc) is 3.44. The molecule has 9 heteroatoms. The van der Waals surface area contributed by atoms with Crippen molar-refractivity contribution in [2.45, 2.75) is 6.04 Å². The summed E-state index contributed by atoms with van der Waals surface area (Å²) < 4.78 is 1.69. The van der Waals surface area contributed by atoms with Crippen LogP contribution in [0.5, 0.6) is 11.5 Å². The Labute approximate surface area is 172 Å². The quantitative estimate of drug-likeness (QED) is 0.447. The minimum Gasteiger partial charge on any atom is -0.508 e. The van der Waals surface area contributed by atoms with Gasteiger partial charge in [0, 0.05) is 49.8 Å². The van der Waals surface area contributed by atoms with E-state index >= 15 is 0 Å². The van der Waals surface area contributed by atoms with E-state index in [4.69, 9.17) is 0 Å². The number of amides is 1. The van der Waals surface area contributed by atoms with E-state index in [0.29, 0.717) is 30.5 Å². The summed E-state index contributed by atoms with van der Waals surface area (Å²) in [5.41, 5.74) is 7.58. The zero-order chi connectivity index (χ0) is 20.7. The number of nitrogens with one attached hydrogen (secondary N) is 3. The predicted octanol–water partition coefficient (Wildman–Crippen LogP) is 1.58. The predicted molar refractivity (Wildman–Crippen MR) is 111 cm³/mol. The lowest BCUT2D eigenvalue weighted by atomic mass is 10.1. The smallest absolute Gasteiger partial charge is 0.259 e. The second-order valence-electron chi connectivity index (χ2n) is 7.58. The van der Waals surface area contributed by atoms with E-state index in [1.54, 1.807) is 21.8 Å². The average molecular weight is 406 g/mol. The number of para-hydroxylation sites is 1. The SMILES string of the molecule is O=C(c1c(O)cc(O)cc1Nc1ccnn1-c1ccccc1)N1CC2CNNC2C1. The number of phenols is 2. The molecule has 2 unspecified atom stereocenters. The van der Waals surface area contributed by atoms with Crippen LogP contribution < -0.4 is 16.2 Å². The van der Waals surface area contributed by atoms with Crippen LogP contribution in [0, 0.1) is 5.92 Å². The Morgan fingerprint density at radius 2 is 1.97 bits per heavy atom. The lowest BCUT2D eigenvalue weighted by Crippen LogP contribution is -2.38. The molecule has 5 rings (SSSR count). The first kappa shape index (κ1) is 18.5. The first-order chi connectivity index (χ1) is 14.6. The first-order valence-electron chi connectivity index (χ1n) is 9.80. The van der Waals surface area contributed by atoms with Crippen molar-refractivity contribution in [3.63, 3.8) is 0 Å². The number of hydrazine groups is 1. The molecular weight excluding hydrogens is 384 g/mol. The molecule has 9 nitrogen and oxygen atoms in total. The molecule has 2 fully saturated rings. The third-order valence-electron chi connectivity index (χ3n) is 5.60. The maximum atomic E-state index is 13.3. The summed E-state index contributed by atoms with van der Waals surface area (Å²) in [5.74, 6) is 0.253. The number of benzene rings is 2. The molecule has 0 bridgehead atoms. The molecule has 0 saturated carbocycles. The number of likely N-dealkylation sites (tertiary alicyclic amines) is 1. The standard InChI is InChI=1S/C21H22N6O3/c28-15-8-16(24-19-6-7-23-27(19)14-4-2-1-3-5-14)20(18(29)9-15)21(30)26-11-13-10-22-25-17(13)12-26/h1-9,13,17,22,24-25,28-29H,10-12H2. The molecule has 2 atom stereocenters. The van der Waals surface area contributed by atoms with Gasteiger partial charge in [-0.3, -0.25) is 15.6 Å². The number of rotatable bonds is 4. The lowest BCUT2D eigenvalue weighted by Gasteiger charge is -2.21. The van der Waals surface area contributed by atoms with Gasteiger partial charge in [-0.25, -0.2) is 4.68 Å². The second kappa shape index (κ2) is 7.36. The molecule has 0 radical (unpaired) electrons. The molecule has 3 aromatic rings. The Kier molecular flexibility index (Phi) is 4.53. The minimum atomic E-state index is -0.281. The highest BCUT2D eigenvalue weighted by atomic mass is 16.3. The Balaban J connectivity index is 1.48. The van der Waals surface area contributed by atoms with Gasteiger partial charge in [-0.1, -0.05) is 18.2 Å². The molecule has 1 amide bonds. The van der Waals surface area contributed by atoms with Crippen molar-refractivity contribution < 1.29 is 15.0 Å². The van der Waals surface area contributed by atoms with Gasteiger partial charge in [0.1, 0.15) is 22.9 Å². The summed E-state index contributed by atoms with van der Waals surface area (Å²) in [4.78, 5) is 15.0. The van der Waals surface area contributed by atoms with E-state index in [1.165, 1.54) is 12.1 Å². The fraction of sp³-hybridized carbons (Fsp3) is 0.238. The molecule has 0 spiro atoms. The van der Waals surface area contributed by atoms with E-state index in [-0.39, 0.29) is 29.0 Å². The van der Waals surface area contributed by atoms with Crippen LogP contribution in [-0.4, -0.2) is 56.5 Å². The molecule has 5 N–H and O–H groups in total. The molecule has 2 aliphatic rings. The number of hydrogen-bond donors (Lipinski definition) is 5. The fourth-order valence-corrected chi connectivity index (χ4v) is 4.13. The molecule has 3 heterocycles. The highest BCUT2D eigenvalue weighted by Gasteiger charge is 2.39. The molecular formula is C21H22N6O3. The number of anilines is 2. The van der Waals surface area contributed by atoms with E-state index in [9.17, 15) is 15.0 Å². The van der Waals surface area contributed by atoms with E-state index < -0.39 is 0 Å². The van der Waals surface area contributed by atoms with Crippen LogP contribution in [0.15, 0.2) is 54.7 Å². The highest BCUT2D eigenvalue weighted by molar-refractivity contribution is 6.03. The van der Waals surface area contributed by atoms with E-state index in [1.807, 2.05) is 30.3 Å². The lowest BCUT2D eigenvalue weighted by molar-refractivity contribution is 0.0780. The van der Waals surface area contributed by atoms with Gasteiger partial charge in [-0.05, 0) is 12.1 Å². The highest BCUT2D eigenvalue weighted by Crippen LogP contribution is 2.35. The van der Waals surface area contributed by atoms with Crippen molar-refractivity contribution in [1.82, 2.24) is 25.5 Å². The summed E-state index contributed by atoms with van der Waals surface area (Å²) in [7, 11) is 0. The first-order valence-corrected chi connectivity index (χ1v) is 9.80. The summed E-state index contributed by atoms with van der Waals surface area (Å²) in [5, 5.41) is 28.1. The van der Waals surface area contributed by atoms with Crippen molar-refractivity contribution >= 4 is 17.4 Å². The molecule has 2 aliphatic heterocycles. The van der Waals surface area contributed by atoms with Gasteiger partial charge >= 0.3 is 0 Å². The van der Waals surface area contributed by atoms with E-state index in [2.05, 4.69) is 21.3 Å². The van der Waals surface area contributed by atoms with Crippen molar-refractivity contribution in [2.75, 3.05) is 25.0 Å². The van der Waals surface area contributed by atoms with Gasteiger partial charge in [-0.2, -0.15) is 5.10 Å². The normalized spacial score (nSPS) is 20.3. The van der Waals surface area contributed by atoms with Crippen LogP contribution in [0.3, 0.4) is 0 Å². The zero-order valence-corrected chi connectivity index (χ0v) is 16.1. The van der Waals surface area contributed by atoms with Crippen LogP contribution in [0.4, 0.5) is 11.5 Å². The van der Waals surface area contributed by atoms with Gasteiger partial charge in [0.2, 0.25) is 0 Å². The molecule has 2 aromatic carbocycles. The van der Waals surface area contributed by atoms with Crippen molar-refractivity contribution in [3.05, 3.63) is 60.3 Å². The second-order valence-corrected chi connectivity index (χ2v) is 7.58. The largest absolute Gasteiger partial charge is 0.508 e. The number of hydrogen-bond acceptors (Lipinski definition) is 7. The van der Waals surface area contributed by atoms with Gasteiger partial charge in [0.25, 0.3) is 5.91 Å². The number of carbonyl (C=O) groups is 1.